The number of anilines is 3. The third-order valence-electron chi connectivity index (χ3n) is 7.68. The number of nitrogens with zero attached hydrogens (tertiary/aromatic N) is 6. The van der Waals surface area contributed by atoms with Crippen molar-refractivity contribution in [3.8, 4) is 22.5 Å². The van der Waals surface area contributed by atoms with Gasteiger partial charge in [-0.2, -0.15) is 5.10 Å². The Morgan fingerprint density at radius 2 is 1.78 bits per heavy atom. The van der Waals surface area contributed by atoms with E-state index >= 15 is 0 Å². The number of ether oxygens (including phenoxy) is 1. The van der Waals surface area contributed by atoms with Crippen LogP contribution in [-0.2, 0) is 18.2 Å². The van der Waals surface area contributed by atoms with Gasteiger partial charge in [0.15, 0.2) is 0 Å². The molecule has 2 aromatic carbocycles. The van der Waals surface area contributed by atoms with Crippen LogP contribution < -0.4 is 10.6 Å². The lowest BCUT2D eigenvalue weighted by Crippen LogP contribution is -2.37. The van der Waals surface area contributed by atoms with Crippen LogP contribution in [0.5, 0.6) is 0 Å². The number of carbonyl (C=O) groups excluding carboxylic acids is 1. The van der Waals surface area contributed by atoms with Crippen LogP contribution in [0.1, 0.15) is 18.4 Å². The number of nitrogens with one attached hydrogen (secondary N) is 2. The fourth-order valence-electron chi connectivity index (χ4n) is 5.42. The number of aromatic nitrogens is 4. The fourth-order valence-corrected chi connectivity index (χ4v) is 5.42. The molecule has 212 valence electrons. The van der Waals surface area contributed by atoms with Gasteiger partial charge in [0, 0.05) is 68.5 Å². The zero-order valence-electron chi connectivity index (χ0n) is 23.4. The summed E-state index contributed by atoms with van der Waals surface area (Å²) in [6.45, 7) is 6.28. The number of carbonyl (C=O) groups is 1. The highest BCUT2D eigenvalue weighted by molar-refractivity contribution is 5.90. The summed E-state index contributed by atoms with van der Waals surface area (Å²) in [6, 6.07) is 18.1. The van der Waals surface area contributed by atoms with Gasteiger partial charge in [-0.25, -0.2) is 14.8 Å². The molecule has 0 bridgehead atoms. The SMILES string of the molecule is Cn1ncc(-c2ccnc(Nc3cccc(CCN4CCOCC4)c3)n2)c1-c1ccc(NC(=O)N2CCCC2)cc1. The number of aryl methyl sites for hydroxylation is 1. The van der Waals surface area contributed by atoms with E-state index in [-0.39, 0.29) is 6.03 Å². The van der Waals surface area contributed by atoms with Gasteiger partial charge >= 0.3 is 6.03 Å². The molecule has 2 aliphatic heterocycles. The van der Waals surface area contributed by atoms with Crippen molar-refractivity contribution in [3.05, 3.63) is 72.6 Å². The van der Waals surface area contributed by atoms with Crippen LogP contribution in [0.15, 0.2) is 67.0 Å². The molecule has 0 aliphatic carbocycles. The number of hydrogen-bond donors (Lipinski definition) is 2. The summed E-state index contributed by atoms with van der Waals surface area (Å²) in [4.78, 5) is 26.1. The van der Waals surface area contributed by atoms with Gasteiger partial charge in [-0.05, 0) is 55.2 Å². The first-order valence-electron chi connectivity index (χ1n) is 14.3. The second-order valence-corrected chi connectivity index (χ2v) is 10.5. The molecule has 2 aromatic heterocycles. The fraction of sp³-hybridized carbons (Fsp3) is 0.355. The molecule has 0 radical (unpaired) electrons. The molecule has 41 heavy (non-hydrogen) atoms. The molecule has 2 amide bonds. The summed E-state index contributed by atoms with van der Waals surface area (Å²) >= 11 is 0. The van der Waals surface area contributed by atoms with Crippen LogP contribution in [0.4, 0.5) is 22.1 Å². The number of morpholine rings is 1. The van der Waals surface area contributed by atoms with Crippen molar-refractivity contribution in [1.82, 2.24) is 29.5 Å². The molecule has 0 saturated carbocycles. The van der Waals surface area contributed by atoms with E-state index in [1.807, 2.05) is 59.2 Å². The first-order chi connectivity index (χ1) is 20.1. The van der Waals surface area contributed by atoms with Crippen molar-refractivity contribution >= 4 is 23.4 Å². The zero-order chi connectivity index (χ0) is 28.0. The molecule has 10 nitrogen and oxygen atoms in total. The van der Waals surface area contributed by atoms with Gasteiger partial charge in [0.25, 0.3) is 0 Å². The van der Waals surface area contributed by atoms with Crippen molar-refractivity contribution in [3.63, 3.8) is 0 Å². The lowest BCUT2D eigenvalue weighted by molar-refractivity contribution is 0.0384. The van der Waals surface area contributed by atoms with E-state index in [2.05, 4.69) is 43.8 Å². The minimum absolute atomic E-state index is 0.0416. The van der Waals surface area contributed by atoms with Crippen LogP contribution in [0.25, 0.3) is 22.5 Å². The Bertz CT molecular complexity index is 1470. The average molecular weight is 553 g/mol. The van der Waals surface area contributed by atoms with Gasteiger partial charge in [-0.1, -0.05) is 24.3 Å². The van der Waals surface area contributed by atoms with Crippen LogP contribution in [-0.4, -0.2) is 81.5 Å². The summed E-state index contributed by atoms with van der Waals surface area (Å²) < 4.78 is 7.31. The van der Waals surface area contributed by atoms with Crippen LogP contribution >= 0.6 is 0 Å². The Kier molecular flexibility index (Phi) is 8.20. The van der Waals surface area contributed by atoms with Gasteiger partial charge < -0.3 is 20.3 Å². The van der Waals surface area contributed by atoms with Crippen molar-refractivity contribution in [2.75, 3.05) is 56.6 Å². The largest absolute Gasteiger partial charge is 0.379 e. The number of urea groups is 1. The van der Waals surface area contributed by atoms with E-state index in [1.165, 1.54) is 5.56 Å². The highest BCUT2D eigenvalue weighted by Crippen LogP contribution is 2.32. The summed E-state index contributed by atoms with van der Waals surface area (Å²) in [5.41, 5.74) is 6.62. The third kappa shape index (κ3) is 6.55. The van der Waals surface area contributed by atoms with E-state index in [9.17, 15) is 4.79 Å². The van der Waals surface area contributed by atoms with Crippen molar-refractivity contribution in [2.24, 2.45) is 7.05 Å². The predicted octanol–water partition coefficient (Wildman–Crippen LogP) is 4.79. The predicted molar refractivity (Wildman–Crippen MR) is 160 cm³/mol. The van der Waals surface area contributed by atoms with Crippen molar-refractivity contribution in [2.45, 2.75) is 19.3 Å². The number of likely N-dealkylation sites (tertiary alicyclic amines) is 1. The number of benzene rings is 2. The maximum atomic E-state index is 12.5. The molecule has 10 heteroatoms. The molecule has 0 unspecified atom stereocenters. The minimum Gasteiger partial charge on any atom is -0.379 e. The zero-order valence-corrected chi connectivity index (χ0v) is 23.4. The van der Waals surface area contributed by atoms with Crippen molar-refractivity contribution < 1.29 is 9.53 Å². The minimum atomic E-state index is -0.0416. The average Bonchev–Trinajstić information content (AvgIpc) is 3.68. The smallest absolute Gasteiger partial charge is 0.321 e. The summed E-state index contributed by atoms with van der Waals surface area (Å²) in [6.07, 6.45) is 6.71. The molecule has 6 rings (SSSR count). The Hall–Kier alpha value is -4.28. The maximum absolute atomic E-state index is 12.5. The lowest BCUT2D eigenvalue weighted by Gasteiger charge is -2.26. The Morgan fingerprint density at radius 3 is 2.59 bits per heavy atom. The van der Waals surface area contributed by atoms with Gasteiger partial charge in [0.1, 0.15) is 0 Å². The molecule has 2 aliphatic rings. The van der Waals surface area contributed by atoms with E-state index in [0.29, 0.717) is 5.95 Å². The second kappa shape index (κ2) is 12.5. The molecule has 4 aromatic rings. The molecule has 4 heterocycles. The lowest BCUT2D eigenvalue weighted by atomic mass is 10.1. The Morgan fingerprint density at radius 1 is 0.976 bits per heavy atom. The van der Waals surface area contributed by atoms with Gasteiger partial charge in [-0.3, -0.25) is 9.58 Å². The summed E-state index contributed by atoms with van der Waals surface area (Å²) in [5.74, 6) is 0.530. The van der Waals surface area contributed by atoms with Crippen LogP contribution in [0, 0.1) is 0 Å². The van der Waals surface area contributed by atoms with E-state index < -0.39 is 0 Å². The number of hydrogen-bond acceptors (Lipinski definition) is 7. The normalized spacial score (nSPS) is 15.7. The third-order valence-corrected chi connectivity index (χ3v) is 7.68. The first kappa shape index (κ1) is 26.9. The standard InChI is InChI=1S/C31H36N8O2/c1-37-29(24-7-9-25(10-8-24)35-31(40)39-14-2-3-15-39)27(22-33-37)28-11-13-32-30(36-28)34-26-6-4-5-23(21-26)12-16-38-17-19-41-20-18-38/h4-11,13,21-22H,2-3,12,14-20H2,1H3,(H,35,40)(H,32,34,36). The molecular formula is C31H36N8O2. The van der Waals surface area contributed by atoms with Gasteiger partial charge in [0.05, 0.1) is 30.8 Å². The quantitative estimate of drug-likeness (QED) is 0.324. The molecule has 2 N–H and O–H groups in total. The Balaban J connectivity index is 1.15. The summed E-state index contributed by atoms with van der Waals surface area (Å²) in [5, 5.41) is 10.9. The monoisotopic (exact) mass is 552 g/mol. The molecule has 2 fully saturated rings. The van der Waals surface area contributed by atoms with Crippen LogP contribution in [0.2, 0.25) is 0 Å². The first-order valence-corrected chi connectivity index (χ1v) is 14.3. The molecule has 2 saturated heterocycles. The van der Waals surface area contributed by atoms with Gasteiger partial charge in [-0.15, -0.1) is 0 Å². The highest BCUT2D eigenvalue weighted by Gasteiger charge is 2.19. The molecule has 0 spiro atoms. The molecule has 0 atom stereocenters. The maximum Gasteiger partial charge on any atom is 0.321 e. The number of amides is 2. The van der Waals surface area contributed by atoms with E-state index in [0.717, 1.165) is 99.1 Å². The Labute approximate surface area is 240 Å². The topological polar surface area (TPSA) is 100 Å². The van der Waals surface area contributed by atoms with Gasteiger partial charge in [0.2, 0.25) is 5.95 Å². The number of rotatable bonds is 8. The molecular weight excluding hydrogens is 516 g/mol. The van der Waals surface area contributed by atoms with E-state index in [4.69, 9.17) is 9.72 Å². The second-order valence-electron chi connectivity index (χ2n) is 10.5. The van der Waals surface area contributed by atoms with Crippen LogP contribution in [0.3, 0.4) is 0 Å². The van der Waals surface area contributed by atoms with E-state index in [1.54, 1.807) is 6.20 Å². The summed E-state index contributed by atoms with van der Waals surface area (Å²) in [7, 11) is 1.92. The van der Waals surface area contributed by atoms with Crippen molar-refractivity contribution in [1.29, 1.82) is 0 Å². The highest BCUT2D eigenvalue weighted by atomic mass is 16.5.